The lowest BCUT2D eigenvalue weighted by molar-refractivity contribution is 0.157. The summed E-state index contributed by atoms with van der Waals surface area (Å²) in [5.74, 6) is 0.884. The van der Waals surface area contributed by atoms with Crippen LogP contribution in [0, 0.1) is 0 Å². The van der Waals surface area contributed by atoms with E-state index in [1.165, 1.54) is 22.5 Å². The first-order valence-corrected chi connectivity index (χ1v) is 12.3. The van der Waals surface area contributed by atoms with E-state index in [1.807, 2.05) is 12.1 Å². The van der Waals surface area contributed by atoms with Gasteiger partial charge >= 0.3 is 0 Å². The number of hydrogen-bond donors (Lipinski definition) is 1. The second kappa shape index (κ2) is 6.78. The highest BCUT2D eigenvalue weighted by atomic mass is 28.4. The van der Waals surface area contributed by atoms with Crippen molar-refractivity contribution >= 4 is 13.9 Å². The molecule has 0 amide bonds. The summed E-state index contributed by atoms with van der Waals surface area (Å²) in [4.78, 5) is 0. The van der Waals surface area contributed by atoms with Crippen molar-refractivity contribution in [3.63, 3.8) is 0 Å². The summed E-state index contributed by atoms with van der Waals surface area (Å²) < 4.78 is 14.1. The molecule has 1 aromatic heterocycles. The zero-order valence-corrected chi connectivity index (χ0v) is 18.0. The van der Waals surface area contributed by atoms with Crippen LogP contribution >= 0.6 is 0 Å². The number of benzene rings is 1. The number of methoxy groups -OCH3 is 1. The average molecular weight is 373 g/mol. The van der Waals surface area contributed by atoms with Gasteiger partial charge in [-0.25, -0.2) is 0 Å². The van der Waals surface area contributed by atoms with Gasteiger partial charge in [-0.05, 0) is 54.2 Å². The minimum Gasteiger partial charge on any atom is -0.497 e. The van der Waals surface area contributed by atoms with E-state index in [0.717, 1.165) is 25.1 Å². The number of nitrogens with one attached hydrogen (secondary N) is 1. The summed E-state index contributed by atoms with van der Waals surface area (Å²) in [7, 11) is -0.103. The molecule has 5 heteroatoms. The highest BCUT2D eigenvalue weighted by molar-refractivity contribution is 6.74. The standard InChI is InChI=1S/C21H32N2O2Si/c1-15-8-13-18(25-26(6,7)21(2,3)4)19-20(15)23(22-19)14-16-9-11-17(24-5)12-10-16/h9-12,18,22H,1,8,13-14H2,2-7H3/t18-/m1/s1. The van der Waals surface area contributed by atoms with Crippen molar-refractivity contribution in [3.05, 3.63) is 47.8 Å². The molecule has 0 saturated carbocycles. The largest absolute Gasteiger partial charge is 0.497 e. The summed E-state index contributed by atoms with van der Waals surface area (Å²) in [5, 5.41) is 3.75. The molecule has 0 saturated heterocycles. The first-order chi connectivity index (χ1) is 12.1. The van der Waals surface area contributed by atoms with Gasteiger partial charge in [-0.1, -0.05) is 39.5 Å². The smallest absolute Gasteiger partial charge is 0.192 e. The topological polar surface area (TPSA) is 39.2 Å². The summed E-state index contributed by atoms with van der Waals surface area (Å²) in [6.45, 7) is 16.6. The molecule has 0 bridgehead atoms. The summed E-state index contributed by atoms with van der Waals surface area (Å²) in [6.07, 6.45) is 2.19. The normalized spacial score (nSPS) is 18.1. The minimum absolute atomic E-state index is 0.170. The molecule has 3 rings (SSSR count). The van der Waals surface area contributed by atoms with Gasteiger partial charge in [0.1, 0.15) is 5.75 Å². The van der Waals surface area contributed by atoms with Crippen molar-refractivity contribution in [1.29, 1.82) is 0 Å². The molecular formula is C21H32N2O2Si. The first-order valence-electron chi connectivity index (χ1n) is 9.39. The van der Waals surface area contributed by atoms with E-state index in [2.05, 4.69) is 62.4 Å². The molecule has 1 aliphatic rings. The van der Waals surface area contributed by atoms with Gasteiger partial charge in [0.2, 0.25) is 0 Å². The van der Waals surface area contributed by atoms with Crippen molar-refractivity contribution in [1.82, 2.24) is 9.78 Å². The van der Waals surface area contributed by atoms with Gasteiger partial charge in [0.25, 0.3) is 0 Å². The van der Waals surface area contributed by atoms with Crippen molar-refractivity contribution in [3.8, 4) is 5.75 Å². The van der Waals surface area contributed by atoms with Crippen LogP contribution in [0.5, 0.6) is 5.75 Å². The monoisotopic (exact) mass is 372 g/mol. The summed E-state index contributed by atoms with van der Waals surface area (Å²) in [6, 6.07) is 8.22. The Kier molecular flexibility index (Phi) is 4.97. The maximum absolute atomic E-state index is 6.69. The molecule has 0 unspecified atom stereocenters. The van der Waals surface area contributed by atoms with Gasteiger partial charge in [-0.15, -0.1) is 0 Å². The number of allylic oxidation sites excluding steroid dienone is 1. The minimum atomic E-state index is -1.79. The number of ether oxygens (including phenoxy) is 1. The van der Waals surface area contributed by atoms with Gasteiger partial charge < -0.3 is 9.16 Å². The lowest BCUT2D eigenvalue weighted by Gasteiger charge is -2.42. The van der Waals surface area contributed by atoms with Crippen LogP contribution in [-0.4, -0.2) is 25.2 Å². The van der Waals surface area contributed by atoms with E-state index in [0.29, 0.717) is 0 Å². The van der Waals surface area contributed by atoms with Crippen molar-refractivity contribution in [2.24, 2.45) is 0 Å². The lowest BCUT2D eigenvalue weighted by atomic mass is 9.92. The van der Waals surface area contributed by atoms with E-state index in [9.17, 15) is 0 Å². The van der Waals surface area contributed by atoms with E-state index in [1.54, 1.807) is 7.11 Å². The Morgan fingerprint density at radius 1 is 1.23 bits per heavy atom. The number of aromatic nitrogens is 2. The number of aromatic amines is 1. The van der Waals surface area contributed by atoms with Crippen molar-refractivity contribution in [2.75, 3.05) is 7.11 Å². The maximum atomic E-state index is 6.69. The Labute approximate surface area is 158 Å². The second-order valence-corrected chi connectivity index (χ2v) is 13.6. The second-order valence-electron chi connectivity index (χ2n) is 8.82. The fourth-order valence-corrected chi connectivity index (χ4v) is 4.50. The number of H-pyrrole nitrogens is 1. The SMILES string of the molecule is C=C1CC[C@@H](O[Si](C)(C)C(C)(C)C)c2[nH]n(Cc3ccc(OC)cc3)c21. The number of rotatable bonds is 5. The Morgan fingerprint density at radius 3 is 2.46 bits per heavy atom. The van der Waals surface area contributed by atoms with Crippen LogP contribution in [0.2, 0.25) is 18.1 Å². The third-order valence-corrected chi connectivity index (χ3v) is 10.4. The predicted molar refractivity (Wildman–Crippen MR) is 110 cm³/mol. The molecule has 0 fully saturated rings. The molecule has 0 radical (unpaired) electrons. The molecule has 0 aliphatic heterocycles. The molecule has 1 atom stereocenters. The van der Waals surface area contributed by atoms with Crippen LogP contribution in [0.25, 0.3) is 5.57 Å². The highest BCUT2D eigenvalue weighted by Gasteiger charge is 2.41. The van der Waals surface area contributed by atoms with Gasteiger partial charge in [0.05, 0.1) is 31.1 Å². The van der Waals surface area contributed by atoms with Gasteiger partial charge in [-0.2, -0.15) is 0 Å². The molecule has 142 valence electrons. The maximum Gasteiger partial charge on any atom is 0.192 e. The Bertz CT molecular complexity index is 778. The number of nitrogens with zero attached hydrogens (tertiary/aromatic N) is 1. The molecule has 1 heterocycles. The Hall–Kier alpha value is -1.72. The third kappa shape index (κ3) is 3.55. The molecular weight excluding hydrogens is 340 g/mol. The van der Waals surface area contributed by atoms with Crippen LogP contribution in [0.4, 0.5) is 0 Å². The van der Waals surface area contributed by atoms with Crippen LogP contribution in [-0.2, 0) is 11.0 Å². The molecule has 1 N–H and O–H groups in total. The van der Waals surface area contributed by atoms with Crippen molar-refractivity contribution in [2.45, 2.75) is 64.4 Å². The highest BCUT2D eigenvalue weighted by Crippen LogP contribution is 2.45. The number of hydrogen-bond acceptors (Lipinski definition) is 2. The molecule has 4 nitrogen and oxygen atoms in total. The first kappa shape index (κ1) is 19.0. The Balaban J connectivity index is 1.78. The summed E-state index contributed by atoms with van der Waals surface area (Å²) >= 11 is 0. The summed E-state index contributed by atoms with van der Waals surface area (Å²) in [5.41, 5.74) is 4.92. The average Bonchev–Trinajstić information content (AvgIpc) is 2.54. The quantitative estimate of drug-likeness (QED) is 0.679. The van der Waals surface area contributed by atoms with Gasteiger partial charge in [-0.3, -0.25) is 9.78 Å². The van der Waals surface area contributed by atoms with Crippen LogP contribution in [0.3, 0.4) is 0 Å². The molecule has 0 spiro atoms. The molecule has 2 aromatic rings. The zero-order chi connectivity index (χ0) is 19.1. The van der Waals surface area contributed by atoms with E-state index in [-0.39, 0.29) is 11.1 Å². The van der Waals surface area contributed by atoms with Crippen LogP contribution in [0.15, 0.2) is 30.8 Å². The van der Waals surface area contributed by atoms with E-state index >= 15 is 0 Å². The molecule has 26 heavy (non-hydrogen) atoms. The van der Waals surface area contributed by atoms with Gasteiger partial charge in [0, 0.05) is 0 Å². The third-order valence-electron chi connectivity index (χ3n) is 5.89. The van der Waals surface area contributed by atoms with Crippen molar-refractivity contribution < 1.29 is 9.16 Å². The van der Waals surface area contributed by atoms with Crippen LogP contribution < -0.4 is 4.74 Å². The van der Waals surface area contributed by atoms with E-state index in [4.69, 9.17) is 9.16 Å². The Morgan fingerprint density at radius 2 is 1.88 bits per heavy atom. The molecule has 1 aromatic carbocycles. The fourth-order valence-electron chi connectivity index (χ4n) is 3.20. The van der Waals surface area contributed by atoms with Crippen LogP contribution in [0.1, 0.15) is 56.7 Å². The number of fused-ring (bicyclic) bond motifs is 1. The predicted octanol–water partition coefficient (Wildman–Crippen LogP) is 5.74. The zero-order valence-electron chi connectivity index (χ0n) is 17.0. The molecule has 1 aliphatic carbocycles. The fraction of sp³-hybridized carbons (Fsp3) is 0.524. The van der Waals surface area contributed by atoms with E-state index < -0.39 is 8.32 Å². The lowest BCUT2D eigenvalue weighted by Crippen LogP contribution is -2.43. The van der Waals surface area contributed by atoms with Gasteiger partial charge in [0.15, 0.2) is 8.32 Å².